The molecule has 1 amide bonds. The summed E-state index contributed by atoms with van der Waals surface area (Å²) in [5.74, 6) is 2.13. The Bertz CT molecular complexity index is 815. The minimum absolute atomic E-state index is 0.0437. The molecule has 2 aromatic carbocycles. The molecule has 134 valence electrons. The van der Waals surface area contributed by atoms with Crippen LogP contribution in [0.15, 0.2) is 67.3 Å². The van der Waals surface area contributed by atoms with Crippen molar-refractivity contribution in [2.24, 2.45) is 0 Å². The second-order valence-electron chi connectivity index (χ2n) is 5.75. The smallest absolute Gasteiger partial charge is 0.230 e. The van der Waals surface area contributed by atoms with Gasteiger partial charge in [0, 0.05) is 30.4 Å². The van der Waals surface area contributed by atoms with Crippen LogP contribution in [0.5, 0.6) is 5.75 Å². The predicted molar refractivity (Wildman–Crippen MR) is 105 cm³/mol. The number of imidazole rings is 1. The third-order valence-corrected chi connectivity index (χ3v) is 4.89. The Kier molecular flexibility index (Phi) is 6.33. The lowest BCUT2D eigenvalue weighted by molar-refractivity contribution is -0.118. The maximum atomic E-state index is 12.0. The topological polar surface area (TPSA) is 56.1 Å². The van der Waals surface area contributed by atoms with Gasteiger partial charge in [-0.05, 0) is 35.4 Å². The van der Waals surface area contributed by atoms with Gasteiger partial charge in [-0.3, -0.25) is 4.79 Å². The standard InChI is InChI=1S/C20H21N3O2S/c1-25-19-8-4-17(5-9-19)13-26-14-20(24)22-12-16-2-6-18(7-3-16)23-11-10-21-15-23/h2-11,15H,12-14H2,1H3,(H,22,24). The van der Waals surface area contributed by atoms with Gasteiger partial charge in [0.25, 0.3) is 0 Å². The summed E-state index contributed by atoms with van der Waals surface area (Å²) in [5, 5.41) is 2.96. The summed E-state index contributed by atoms with van der Waals surface area (Å²) in [5.41, 5.74) is 3.30. The molecule has 5 nitrogen and oxygen atoms in total. The van der Waals surface area contributed by atoms with Crippen molar-refractivity contribution in [1.29, 1.82) is 0 Å². The van der Waals surface area contributed by atoms with Crippen LogP contribution in [0.4, 0.5) is 0 Å². The molecule has 0 saturated carbocycles. The van der Waals surface area contributed by atoms with Gasteiger partial charge in [0.1, 0.15) is 5.75 Å². The summed E-state index contributed by atoms with van der Waals surface area (Å²) in [6, 6.07) is 16.0. The Hall–Kier alpha value is -2.73. The molecule has 0 spiro atoms. The highest BCUT2D eigenvalue weighted by molar-refractivity contribution is 7.99. The van der Waals surface area contributed by atoms with Gasteiger partial charge >= 0.3 is 0 Å². The fraction of sp³-hybridized carbons (Fsp3) is 0.200. The van der Waals surface area contributed by atoms with Crippen molar-refractivity contribution < 1.29 is 9.53 Å². The molecule has 0 saturated heterocycles. The lowest BCUT2D eigenvalue weighted by Gasteiger charge is -2.07. The Morgan fingerprint density at radius 3 is 2.50 bits per heavy atom. The third kappa shape index (κ3) is 5.13. The van der Waals surface area contributed by atoms with E-state index in [1.807, 2.05) is 59.3 Å². The molecule has 0 aliphatic heterocycles. The molecule has 0 radical (unpaired) electrons. The van der Waals surface area contributed by atoms with E-state index < -0.39 is 0 Å². The summed E-state index contributed by atoms with van der Waals surface area (Å²) < 4.78 is 7.08. The zero-order chi connectivity index (χ0) is 18.2. The summed E-state index contributed by atoms with van der Waals surface area (Å²) in [7, 11) is 1.65. The van der Waals surface area contributed by atoms with Gasteiger partial charge in [-0.2, -0.15) is 0 Å². The summed E-state index contributed by atoms with van der Waals surface area (Å²) in [6.07, 6.45) is 5.41. The van der Waals surface area contributed by atoms with E-state index in [0.717, 1.165) is 22.8 Å². The second-order valence-corrected chi connectivity index (χ2v) is 6.74. The number of thioether (sulfide) groups is 1. The third-order valence-electron chi connectivity index (χ3n) is 3.89. The Balaban J connectivity index is 1.39. The SMILES string of the molecule is COc1ccc(CSCC(=O)NCc2ccc(-n3ccnc3)cc2)cc1. The Morgan fingerprint density at radius 2 is 1.85 bits per heavy atom. The van der Waals surface area contributed by atoms with E-state index in [2.05, 4.69) is 10.3 Å². The van der Waals surface area contributed by atoms with Crippen LogP contribution in [0.1, 0.15) is 11.1 Å². The van der Waals surface area contributed by atoms with Gasteiger partial charge in [-0.25, -0.2) is 4.98 Å². The van der Waals surface area contributed by atoms with Crippen LogP contribution in [0.25, 0.3) is 5.69 Å². The van der Waals surface area contributed by atoms with Crippen molar-refractivity contribution in [2.45, 2.75) is 12.3 Å². The van der Waals surface area contributed by atoms with E-state index in [1.54, 1.807) is 31.4 Å². The maximum Gasteiger partial charge on any atom is 0.230 e. The molecule has 26 heavy (non-hydrogen) atoms. The molecular weight excluding hydrogens is 346 g/mol. The molecule has 1 heterocycles. The van der Waals surface area contributed by atoms with Crippen LogP contribution in [0.3, 0.4) is 0 Å². The van der Waals surface area contributed by atoms with Gasteiger partial charge in [-0.1, -0.05) is 24.3 Å². The summed E-state index contributed by atoms with van der Waals surface area (Å²) >= 11 is 1.60. The lowest BCUT2D eigenvalue weighted by Crippen LogP contribution is -2.24. The molecule has 1 N–H and O–H groups in total. The number of hydrogen-bond acceptors (Lipinski definition) is 4. The largest absolute Gasteiger partial charge is 0.497 e. The average molecular weight is 367 g/mol. The number of rotatable bonds is 8. The molecule has 3 rings (SSSR count). The van der Waals surface area contributed by atoms with E-state index in [1.165, 1.54) is 5.56 Å². The monoisotopic (exact) mass is 367 g/mol. The molecule has 0 aliphatic carbocycles. The van der Waals surface area contributed by atoms with Crippen LogP contribution in [0.2, 0.25) is 0 Å². The first-order valence-corrected chi connectivity index (χ1v) is 9.45. The average Bonchev–Trinajstić information content (AvgIpc) is 3.22. The van der Waals surface area contributed by atoms with Crippen molar-refractivity contribution in [3.05, 3.63) is 78.4 Å². The lowest BCUT2D eigenvalue weighted by atomic mass is 10.2. The first-order chi connectivity index (χ1) is 12.7. The molecule has 3 aromatic rings. The molecule has 0 fully saturated rings. The predicted octanol–water partition coefficient (Wildman–Crippen LogP) is 3.43. The van der Waals surface area contributed by atoms with Crippen LogP contribution >= 0.6 is 11.8 Å². The van der Waals surface area contributed by atoms with Crippen LogP contribution in [0, 0.1) is 0 Å². The van der Waals surface area contributed by atoms with Gasteiger partial charge in [-0.15, -0.1) is 11.8 Å². The fourth-order valence-corrected chi connectivity index (χ4v) is 3.25. The first kappa shape index (κ1) is 18.1. The van der Waals surface area contributed by atoms with Gasteiger partial charge < -0.3 is 14.6 Å². The van der Waals surface area contributed by atoms with E-state index in [0.29, 0.717) is 12.3 Å². The fourth-order valence-electron chi connectivity index (χ4n) is 2.43. The first-order valence-electron chi connectivity index (χ1n) is 8.29. The van der Waals surface area contributed by atoms with E-state index in [9.17, 15) is 4.79 Å². The molecule has 0 bridgehead atoms. The summed E-state index contributed by atoms with van der Waals surface area (Å²) in [4.78, 5) is 16.0. The molecule has 6 heteroatoms. The number of methoxy groups -OCH3 is 1. The quantitative estimate of drug-likeness (QED) is 0.663. The van der Waals surface area contributed by atoms with Crippen molar-refractivity contribution in [3.8, 4) is 11.4 Å². The Morgan fingerprint density at radius 1 is 1.12 bits per heavy atom. The Labute approximate surface area is 157 Å². The van der Waals surface area contributed by atoms with Gasteiger partial charge in [0.15, 0.2) is 0 Å². The van der Waals surface area contributed by atoms with Gasteiger partial charge in [0.05, 0.1) is 19.2 Å². The highest BCUT2D eigenvalue weighted by Gasteiger charge is 2.03. The van der Waals surface area contributed by atoms with E-state index >= 15 is 0 Å². The number of benzene rings is 2. The number of amides is 1. The molecule has 0 atom stereocenters. The number of carbonyl (C=O) groups is 1. The highest BCUT2D eigenvalue weighted by atomic mass is 32.2. The van der Waals surface area contributed by atoms with Crippen molar-refractivity contribution >= 4 is 17.7 Å². The minimum atomic E-state index is 0.0437. The molecular formula is C20H21N3O2S. The number of ether oxygens (including phenoxy) is 1. The number of nitrogens with zero attached hydrogens (tertiary/aromatic N) is 2. The normalized spacial score (nSPS) is 10.5. The minimum Gasteiger partial charge on any atom is -0.497 e. The van der Waals surface area contributed by atoms with Gasteiger partial charge in [0.2, 0.25) is 5.91 Å². The molecule has 1 aromatic heterocycles. The van der Waals surface area contributed by atoms with Crippen molar-refractivity contribution in [2.75, 3.05) is 12.9 Å². The molecule has 0 unspecified atom stereocenters. The number of aromatic nitrogens is 2. The summed E-state index contributed by atoms with van der Waals surface area (Å²) in [6.45, 7) is 0.534. The van der Waals surface area contributed by atoms with Crippen molar-refractivity contribution in [3.63, 3.8) is 0 Å². The zero-order valence-corrected chi connectivity index (χ0v) is 15.4. The van der Waals surface area contributed by atoms with Crippen molar-refractivity contribution in [1.82, 2.24) is 14.9 Å². The van der Waals surface area contributed by atoms with Crippen LogP contribution < -0.4 is 10.1 Å². The highest BCUT2D eigenvalue weighted by Crippen LogP contribution is 2.16. The number of hydrogen-bond donors (Lipinski definition) is 1. The zero-order valence-electron chi connectivity index (χ0n) is 14.6. The van der Waals surface area contributed by atoms with Crippen LogP contribution in [-0.2, 0) is 17.1 Å². The molecule has 0 aliphatic rings. The van der Waals surface area contributed by atoms with Crippen LogP contribution in [-0.4, -0.2) is 28.3 Å². The number of nitrogens with one attached hydrogen (secondary N) is 1. The maximum absolute atomic E-state index is 12.0. The second kappa shape index (κ2) is 9.10. The number of carbonyl (C=O) groups excluding carboxylic acids is 1. The van der Waals surface area contributed by atoms with E-state index in [-0.39, 0.29) is 5.91 Å². The van der Waals surface area contributed by atoms with E-state index in [4.69, 9.17) is 4.74 Å².